The number of carbonyl (C=O) groups is 1. The molecule has 4 rings (SSSR count). The molecule has 154 valence electrons. The molecule has 0 spiro atoms. The van der Waals surface area contributed by atoms with Gasteiger partial charge in [0.1, 0.15) is 5.02 Å². The predicted octanol–water partition coefficient (Wildman–Crippen LogP) is 3.90. The number of nitrogens with zero attached hydrogens (tertiary/aromatic N) is 5. The van der Waals surface area contributed by atoms with Crippen LogP contribution in [0.25, 0.3) is 0 Å². The maximum Gasteiger partial charge on any atom is 0.289 e. The first kappa shape index (κ1) is 20.0. The van der Waals surface area contributed by atoms with Gasteiger partial charge in [-0.2, -0.15) is 0 Å². The van der Waals surface area contributed by atoms with Crippen molar-refractivity contribution in [1.29, 1.82) is 0 Å². The first-order valence-electron chi connectivity index (χ1n) is 9.59. The molecule has 1 N–H and O–H groups in total. The molecule has 1 aliphatic carbocycles. The molecule has 0 bridgehead atoms. The maximum absolute atomic E-state index is 12.4. The first-order chi connectivity index (χ1) is 14.0. The number of nitro benzene ring substituents is 1. The van der Waals surface area contributed by atoms with Crippen LogP contribution in [0.1, 0.15) is 38.1 Å². The lowest BCUT2D eigenvalue weighted by molar-refractivity contribution is -0.384. The third-order valence-electron chi connectivity index (χ3n) is 4.96. The van der Waals surface area contributed by atoms with Gasteiger partial charge in [0, 0.05) is 30.9 Å². The number of benzene rings is 1. The molecule has 0 radical (unpaired) electrons. The van der Waals surface area contributed by atoms with Crippen LogP contribution in [0.4, 0.5) is 17.3 Å². The summed E-state index contributed by atoms with van der Waals surface area (Å²) in [6.07, 6.45) is 5.78. The van der Waals surface area contributed by atoms with Gasteiger partial charge in [-0.25, -0.2) is 0 Å². The summed E-state index contributed by atoms with van der Waals surface area (Å²) in [5, 5.41) is 23.2. The summed E-state index contributed by atoms with van der Waals surface area (Å²) in [7, 11) is 0. The minimum absolute atomic E-state index is 0.0325. The Balaban J connectivity index is 1.41. The molecule has 1 aliphatic heterocycles. The van der Waals surface area contributed by atoms with Crippen LogP contribution in [-0.4, -0.2) is 44.4 Å². The molecule has 1 saturated heterocycles. The van der Waals surface area contributed by atoms with Crippen molar-refractivity contribution in [2.75, 3.05) is 29.1 Å². The summed E-state index contributed by atoms with van der Waals surface area (Å²) in [6.45, 7) is 1.98. The minimum atomic E-state index is -0.576. The van der Waals surface area contributed by atoms with Gasteiger partial charge >= 0.3 is 0 Å². The second kappa shape index (κ2) is 8.58. The van der Waals surface area contributed by atoms with Gasteiger partial charge in [-0.15, -0.1) is 10.2 Å². The number of halogens is 1. The van der Waals surface area contributed by atoms with Gasteiger partial charge in [0.25, 0.3) is 5.69 Å². The molecule has 11 heteroatoms. The number of hydrogen-bond donors (Lipinski definition) is 1. The highest BCUT2D eigenvalue weighted by Crippen LogP contribution is 2.41. The molecule has 1 saturated carbocycles. The normalized spacial score (nSPS) is 16.7. The summed E-state index contributed by atoms with van der Waals surface area (Å²) in [6, 6.07) is 4.61. The molecule has 0 atom stereocenters. The van der Waals surface area contributed by atoms with Crippen molar-refractivity contribution in [3.8, 4) is 0 Å². The number of nitrogens with one attached hydrogen (secondary N) is 1. The van der Waals surface area contributed by atoms with E-state index in [1.54, 1.807) is 6.07 Å². The number of carbonyl (C=O) groups excluding carboxylic acids is 1. The van der Waals surface area contributed by atoms with Gasteiger partial charge in [0.15, 0.2) is 5.16 Å². The molecule has 0 unspecified atom stereocenters. The van der Waals surface area contributed by atoms with E-state index < -0.39 is 4.92 Å². The zero-order valence-corrected chi connectivity index (χ0v) is 17.3. The molecule has 29 heavy (non-hydrogen) atoms. The van der Waals surface area contributed by atoms with Crippen molar-refractivity contribution in [1.82, 2.24) is 14.8 Å². The zero-order chi connectivity index (χ0) is 20.4. The molecule has 1 aromatic carbocycles. The van der Waals surface area contributed by atoms with E-state index in [0.29, 0.717) is 11.7 Å². The smallest absolute Gasteiger partial charge is 0.289 e. The van der Waals surface area contributed by atoms with Crippen LogP contribution in [-0.2, 0) is 4.79 Å². The molecule has 2 fully saturated rings. The lowest BCUT2D eigenvalue weighted by atomic mass is 10.1. The molecular formula is C18H21ClN6O3S. The number of thioether (sulfide) groups is 1. The van der Waals surface area contributed by atoms with Gasteiger partial charge in [-0.1, -0.05) is 23.4 Å². The van der Waals surface area contributed by atoms with Crippen LogP contribution >= 0.6 is 23.4 Å². The van der Waals surface area contributed by atoms with Crippen LogP contribution in [0, 0.1) is 10.1 Å². The highest BCUT2D eigenvalue weighted by Gasteiger charge is 2.32. The molecule has 1 amide bonds. The van der Waals surface area contributed by atoms with E-state index >= 15 is 0 Å². The SMILES string of the molecule is O=C(CSc1nnc(N2CCCCC2)n1C1CC1)Nc1ccc(Cl)c([N+](=O)[O-])c1. The second-order valence-electron chi connectivity index (χ2n) is 7.19. The van der Waals surface area contributed by atoms with E-state index in [4.69, 9.17) is 11.6 Å². The van der Waals surface area contributed by atoms with Crippen molar-refractivity contribution in [3.05, 3.63) is 33.3 Å². The Labute approximate surface area is 177 Å². The van der Waals surface area contributed by atoms with Crippen molar-refractivity contribution in [2.24, 2.45) is 0 Å². The van der Waals surface area contributed by atoms with Gasteiger partial charge in [-0.05, 0) is 44.2 Å². The minimum Gasteiger partial charge on any atom is -0.341 e. The van der Waals surface area contributed by atoms with Crippen molar-refractivity contribution in [2.45, 2.75) is 43.3 Å². The van der Waals surface area contributed by atoms with Crippen LogP contribution in [0.5, 0.6) is 0 Å². The number of nitro groups is 1. The van der Waals surface area contributed by atoms with Crippen LogP contribution in [0.2, 0.25) is 5.02 Å². The average Bonchev–Trinajstić information content (AvgIpc) is 3.47. The molecule has 2 aliphatic rings. The van der Waals surface area contributed by atoms with Crippen molar-refractivity contribution >= 4 is 46.6 Å². The van der Waals surface area contributed by atoms with Crippen molar-refractivity contribution in [3.63, 3.8) is 0 Å². The van der Waals surface area contributed by atoms with Crippen LogP contribution < -0.4 is 10.2 Å². The third kappa shape index (κ3) is 4.64. The van der Waals surface area contributed by atoms with E-state index in [-0.39, 0.29) is 22.4 Å². The summed E-state index contributed by atoms with van der Waals surface area (Å²) in [5.74, 6) is 0.779. The Hall–Kier alpha value is -2.33. The number of anilines is 2. The molecule has 9 nitrogen and oxygen atoms in total. The highest BCUT2D eigenvalue weighted by molar-refractivity contribution is 7.99. The average molecular weight is 437 g/mol. The Morgan fingerprint density at radius 1 is 1.28 bits per heavy atom. The first-order valence-corrected chi connectivity index (χ1v) is 11.0. The topological polar surface area (TPSA) is 106 Å². The second-order valence-corrected chi connectivity index (χ2v) is 8.54. The van der Waals surface area contributed by atoms with E-state index in [0.717, 1.165) is 49.9 Å². The van der Waals surface area contributed by atoms with Crippen LogP contribution in [0.15, 0.2) is 23.4 Å². The molecular weight excluding hydrogens is 416 g/mol. The number of piperidine rings is 1. The molecule has 2 aromatic rings. The van der Waals surface area contributed by atoms with Crippen molar-refractivity contribution < 1.29 is 9.72 Å². The Morgan fingerprint density at radius 3 is 2.72 bits per heavy atom. The van der Waals surface area contributed by atoms with Gasteiger partial charge in [0.2, 0.25) is 11.9 Å². The quantitative estimate of drug-likeness (QED) is 0.398. The van der Waals surface area contributed by atoms with Crippen LogP contribution in [0.3, 0.4) is 0 Å². The third-order valence-corrected chi connectivity index (χ3v) is 6.22. The van der Waals surface area contributed by atoms with E-state index in [1.807, 2.05) is 0 Å². The van der Waals surface area contributed by atoms with Gasteiger partial charge in [0.05, 0.1) is 10.7 Å². The monoisotopic (exact) mass is 436 g/mol. The Morgan fingerprint density at radius 2 is 2.03 bits per heavy atom. The summed E-state index contributed by atoms with van der Waals surface area (Å²) >= 11 is 7.14. The fourth-order valence-electron chi connectivity index (χ4n) is 3.39. The molecule has 1 aromatic heterocycles. The zero-order valence-electron chi connectivity index (χ0n) is 15.7. The standard InChI is InChI=1S/C18H21ClN6O3S/c19-14-7-4-12(10-15(14)25(27)28)20-16(26)11-29-18-22-21-17(24(18)13-5-6-13)23-8-2-1-3-9-23/h4,7,10,13H,1-3,5-6,8-9,11H2,(H,20,26). The van der Waals surface area contributed by atoms with E-state index in [9.17, 15) is 14.9 Å². The van der Waals surface area contributed by atoms with Gasteiger partial charge < -0.3 is 10.2 Å². The highest BCUT2D eigenvalue weighted by atomic mass is 35.5. The number of aromatic nitrogens is 3. The largest absolute Gasteiger partial charge is 0.341 e. The fourth-order valence-corrected chi connectivity index (χ4v) is 4.37. The summed E-state index contributed by atoms with van der Waals surface area (Å²) in [5.41, 5.74) is 0.0983. The molecule has 2 heterocycles. The van der Waals surface area contributed by atoms with Gasteiger partial charge in [-0.3, -0.25) is 19.5 Å². The predicted molar refractivity (Wildman–Crippen MR) is 112 cm³/mol. The number of amides is 1. The number of hydrogen-bond acceptors (Lipinski definition) is 7. The number of rotatable bonds is 7. The summed E-state index contributed by atoms with van der Waals surface area (Å²) in [4.78, 5) is 25.1. The maximum atomic E-state index is 12.4. The van der Waals surface area contributed by atoms with E-state index in [1.165, 1.54) is 30.3 Å². The summed E-state index contributed by atoms with van der Waals surface area (Å²) < 4.78 is 2.16. The lowest BCUT2D eigenvalue weighted by Gasteiger charge is -2.27. The fraction of sp³-hybridized carbons (Fsp3) is 0.500. The Kier molecular flexibility index (Phi) is 5.91. The van der Waals surface area contributed by atoms with E-state index in [2.05, 4.69) is 25.0 Å². The lowest BCUT2D eigenvalue weighted by Crippen LogP contribution is -2.32. The Bertz CT molecular complexity index is 926.